The Hall–Kier alpha value is -1.52. The molecule has 0 bridgehead atoms. The number of nitrogens with one attached hydrogen (secondary N) is 1. The second-order valence-electron chi connectivity index (χ2n) is 4.11. The third kappa shape index (κ3) is 1.38. The van der Waals surface area contributed by atoms with Gasteiger partial charge in [-0.1, -0.05) is 0 Å². The molecule has 2 rings (SSSR count). The molecule has 0 aliphatic carbocycles. The minimum Gasteiger partial charge on any atom is -0.476 e. The molecule has 0 radical (unpaired) electrons. The smallest absolute Gasteiger partial charge is 0.272 e. The molecule has 1 saturated heterocycles. The fraction of sp³-hybridized carbons (Fsp3) is 0.600. The molecule has 5 nitrogen and oxygen atoms in total. The van der Waals surface area contributed by atoms with Gasteiger partial charge in [-0.3, -0.25) is 9.59 Å². The fourth-order valence-corrected chi connectivity index (χ4v) is 1.79. The Balaban J connectivity index is 2.14. The van der Waals surface area contributed by atoms with Crippen LogP contribution in [0.5, 0.6) is 0 Å². The summed E-state index contributed by atoms with van der Waals surface area (Å²) in [6.45, 7) is 5.79. The van der Waals surface area contributed by atoms with Gasteiger partial charge in [-0.2, -0.15) is 0 Å². The Morgan fingerprint density at radius 2 is 2.07 bits per heavy atom. The van der Waals surface area contributed by atoms with Crippen molar-refractivity contribution in [2.75, 3.05) is 13.1 Å². The van der Waals surface area contributed by atoms with Gasteiger partial charge >= 0.3 is 0 Å². The van der Waals surface area contributed by atoms with Crippen molar-refractivity contribution in [3.8, 4) is 0 Å². The maximum atomic E-state index is 11.7. The third-order valence-corrected chi connectivity index (χ3v) is 2.93. The predicted octanol–water partition coefficient (Wildman–Crippen LogP) is -0.0149. The van der Waals surface area contributed by atoms with Gasteiger partial charge in [0.1, 0.15) is 5.76 Å². The molecule has 2 amide bonds. The molecule has 15 heavy (non-hydrogen) atoms. The second-order valence-corrected chi connectivity index (χ2v) is 4.11. The number of amides is 2. The topological polar surface area (TPSA) is 58.6 Å². The molecule has 1 N–H and O–H groups in total. The summed E-state index contributed by atoms with van der Waals surface area (Å²) in [7, 11) is 0. The van der Waals surface area contributed by atoms with E-state index in [0.717, 1.165) is 11.5 Å². The van der Waals surface area contributed by atoms with Gasteiger partial charge in [0, 0.05) is 6.92 Å². The molecule has 0 unspecified atom stereocenters. The van der Waals surface area contributed by atoms with Crippen LogP contribution in [0.2, 0.25) is 0 Å². The minimum atomic E-state index is -0.838. The van der Waals surface area contributed by atoms with E-state index < -0.39 is 5.60 Å². The van der Waals surface area contributed by atoms with Crippen LogP contribution in [0.3, 0.4) is 0 Å². The second kappa shape index (κ2) is 2.98. The molecule has 0 saturated carbocycles. The van der Waals surface area contributed by atoms with Gasteiger partial charge in [0.15, 0.2) is 0 Å². The number of ether oxygens (including phenoxy) is 1. The summed E-state index contributed by atoms with van der Waals surface area (Å²) in [6, 6.07) is 0. The summed E-state index contributed by atoms with van der Waals surface area (Å²) < 4.78 is 5.59. The zero-order valence-electron chi connectivity index (χ0n) is 9.09. The van der Waals surface area contributed by atoms with Crippen LogP contribution in [-0.4, -0.2) is 35.4 Å². The quantitative estimate of drug-likeness (QED) is 0.611. The Kier molecular flexibility index (Phi) is 1.99. The summed E-state index contributed by atoms with van der Waals surface area (Å²) in [5.74, 6) is 0.543. The molecular weight excluding hydrogens is 196 g/mol. The predicted molar refractivity (Wildman–Crippen MR) is 52.6 cm³/mol. The van der Waals surface area contributed by atoms with E-state index in [9.17, 15) is 9.59 Å². The van der Waals surface area contributed by atoms with Crippen molar-refractivity contribution >= 4 is 11.8 Å². The Morgan fingerprint density at radius 3 is 2.60 bits per heavy atom. The average Bonchev–Trinajstić information content (AvgIpc) is 2.07. The number of carbonyl (C=O) groups is 2. The van der Waals surface area contributed by atoms with Crippen molar-refractivity contribution in [2.45, 2.75) is 26.4 Å². The highest BCUT2D eigenvalue weighted by atomic mass is 16.5. The maximum absolute atomic E-state index is 11.7. The number of hydrogen-bond donors (Lipinski definition) is 1. The van der Waals surface area contributed by atoms with Crippen molar-refractivity contribution in [1.29, 1.82) is 0 Å². The fourth-order valence-electron chi connectivity index (χ4n) is 1.79. The van der Waals surface area contributed by atoms with E-state index in [2.05, 4.69) is 5.32 Å². The van der Waals surface area contributed by atoms with Gasteiger partial charge in [0.05, 0.1) is 18.8 Å². The zero-order valence-corrected chi connectivity index (χ0v) is 9.09. The Bertz CT molecular complexity index is 367. The average molecular weight is 210 g/mol. The number of hydrogen-bond acceptors (Lipinski definition) is 3. The first-order valence-corrected chi connectivity index (χ1v) is 4.88. The van der Waals surface area contributed by atoms with Crippen molar-refractivity contribution < 1.29 is 14.3 Å². The van der Waals surface area contributed by atoms with Crippen molar-refractivity contribution in [3.05, 3.63) is 11.5 Å². The molecule has 5 heteroatoms. The van der Waals surface area contributed by atoms with Crippen molar-refractivity contribution in [3.63, 3.8) is 0 Å². The van der Waals surface area contributed by atoms with Gasteiger partial charge in [-0.05, 0) is 13.8 Å². The lowest BCUT2D eigenvalue weighted by Gasteiger charge is -2.49. The molecule has 0 aromatic heterocycles. The van der Waals surface area contributed by atoms with Crippen LogP contribution in [0.15, 0.2) is 11.5 Å². The van der Waals surface area contributed by atoms with Gasteiger partial charge in [0.2, 0.25) is 11.5 Å². The molecule has 1 spiro atoms. The SMILES string of the molecule is CC(=O)N1CC2(C1)OC(C)=C(C)NC2=O. The van der Waals surface area contributed by atoms with E-state index in [-0.39, 0.29) is 11.8 Å². The van der Waals surface area contributed by atoms with E-state index in [1.54, 1.807) is 11.8 Å². The summed E-state index contributed by atoms with van der Waals surface area (Å²) in [6.07, 6.45) is 0. The molecular formula is C10H14N2O3. The van der Waals surface area contributed by atoms with Crippen LogP contribution < -0.4 is 5.32 Å². The lowest BCUT2D eigenvalue weighted by molar-refractivity contribution is -0.174. The lowest BCUT2D eigenvalue weighted by atomic mass is 9.91. The Labute approximate surface area is 88.1 Å². The summed E-state index contributed by atoms with van der Waals surface area (Å²) in [5, 5.41) is 2.76. The van der Waals surface area contributed by atoms with E-state index in [1.165, 1.54) is 6.92 Å². The summed E-state index contributed by atoms with van der Waals surface area (Å²) >= 11 is 0. The molecule has 1 fully saturated rings. The molecule has 82 valence electrons. The first-order chi connectivity index (χ1) is 6.94. The van der Waals surface area contributed by atoms with Crippen LogP contribution in [0.1, 0.15) is 20.8 Å². The van der Waals surface area contributed by atoms with Crippen LogP contribution in [0.25, 0.3) is 0 Å². The molecule has 2 aliphatic heterocycles. The highest BCUT2D eigenvalue weighted by Crippen LogP contribution is 2.31. The van der Waals surface area contributed by atoms with Crippen LogP contribution in [0.4, 0.5) is 0 Å². The van der Waals surface area contributed by atoms with Gasteiger partial charge < -0.3 is 15.0 Å². The molecule has 2 heterocycles. The largest absolute Gasteiger partial charge is 0.476 e. The van der Waals surface area contributed by atoms with Crippen LogP contribution >= 0.6 is 0 Å². The number of nitrogens with zero attached hydrogens (tertiary/aromatic N) is 1. The highest BCUT2D eigenvalue weighted by Gasteiger charge is 2.54. The summed E-state index contributed by atoms with van der Waals surface area (Å²) in [5.41, 5.74) is -0.0955. The van der Waals surface area contributed by atoms with Gasteiger partial charge in [-0.15, -0.1) is 0 Å². The number of likely N-dealkylation sites (tertiary alicyclic amines) is 1. The van der Waals surface area contributed by atoms with Crippen molar-refractivity contribution in [2.24, 2.45) is 0 Å². The molecule has 0 aromatic carbocycles. The Morgan fingerprint density at radius 1 is 1.47 bits per heavy atom. The zero-order chi connectivity index (χ0) is 11.2. The number of carbonyl (C=O) groups excluding carboxylic acids is 2. The molecule has 0 aromatic rings. The molecule has 2 aliphatic rings. The third-order valence-electron chi connectivity index (χ3n) is 2.93. The van der Waals surface area contributed by atoms with E-state index >= 15 is 0 Å². The maximum Gasteiger partial charge on any atom is 0.272 e. The van der Waals surface area contributed by atoms with E-state index in [1.807, 2.05) is 6.92 Å². The normalized spacial score (nSPS) is 23.4. The van der Waals surface area contributed by atoms with Gasteiger partial charge in [-0.25, -0.2) is 0 Å². The van der Waals surface area contributed by atoms with E-state index in [0.29, 0.717) is 13.1 Å². The standard InChI is InChI=1S/C10H14N2O3/c1-6-7(2)15-10(9(14)11-6)4-12(5-10)8(3)13/h4-5H2,1-3H3,(H,11,14). The monoisotopic (exact) mass is 210 g/mol. The van der Waals surface area contributed by atoms with Crippen molar-refractivity contribution in [1.82, 2.24) is 10.2 Å². The van der Waals surface area contributed by atoms with Crippen LogP contribution in [-0.2, 0) is 14.3 Å². The first kappa shape index (κ1) is 10.0. The highest BCUT2D eigenvalue weighted by molar-refractivity contribution is 5.91. The molecule has 0 atom stereocenters. The first-order valence-electron chi connectivity index (χ1n) is 4.88. The lowest BCUT2D eigenvalue weighted by Crippen LogP contribution is -2.71. The number of rotatable bonds is 0. The number of allylic oxidation sites excluding steroid dienone is 2. The van der Waals surface area contributed by atoms with E-state index in [4.69, 9.17) is 4.74 Å². The minimum absolute atomic E-state index is 0.0269. The van der Waals surface area contributed by atoms with Gasteiger partial charge in [0.25, 0.3) is 5.91 Å². The van der Waals surface area contributed by atoms with Crippen LogP contribution in [0, 0.1) is 0 Å². The summed E-state index contributed by atoms with van der Waals surface area (Å²) in [4.78, 5) is 24.3.